The van der Waals surface area contributed by atoms with Crippen LogP contribution in [-0.2, 0) is 89.9 Å². The minimum absolute atomic E-state index is 0. The van der Waals surface area contributed by atoms with Crippen LogP contribution >= 0.6 is 0 Å². The van der Waals surface area contributed by atoms with Crippen LogP contribution < -0.4 is 51.1 Å². The van der Waals surface area contributed by atoms with E-state index in [-0.39, 0.29) is 42.9 Å². The zero-order valence-electron chi connectivity index (χ0n) is 27.0. The molecule has 23 heteroatoms. The number of Topliss-reactive ketones (excluding diaryl/α,β-unsaturated/α-hetero) is 1. The summed E-state index contributed by atoms with van der Waals surface area (Å²) < 4.78 is 0. The first-order chi connectivity index (χ1) is 19.1. The summed E-state index contributed by atoms with van der Waals surface area (Å²) in [5.41, 5.74) is 0. The van der Waals surface area contributed by atoms with Gasteiger partial charge in [-0.05, 0) is 83.1 Å². The number of carboxylic acids is 10. The Hall–Kier alpha value is -4.46. The number of hydrogen-bond donors (Lipinski definition) is 0. The predicted octanol–water partition coefficient (Wildman–Crippen LogP) is -11.8. The van der Waals surface area contributed by atoms with Gasteiger partial charge >= 0.3 is 0 Å². The Bertz CT molecular complexity index is 537. The molecule has 274 valence electrons. The van der Waals surface area contributed by atoms with Crippen molar-refractivity contribution >= 4 is 65.5 Å². The zero-order chi connectivity index (χ0) is 39.4. The maximum absolute atomic E-state index is 9.44. The Morgan fingerprint density at radius 1 is 0.217 bits per heavy atom. The van der Waals surface area contributed by atoms with Crippen LogP contribution in [0.4, 0.5) is 0 Å². The molecule has 0 unspecified atom stereocenters. The molecule has 0 aliphatic carbocycles. The summed E-state index contributed by atoms with van der Waals surface area (Å²) in [6.45, 7) is 12.8. The van der Waals surface area contributed by atoms with Crippen molar-refractivity contribution in [1.29, 1.82) is 0 Å². The van der Waals surface area contributed by atoms with Crippen molar-refractivity contribution in [3.05, 3.63) is 0 Å². The molecule has 21 nitrogen and oxygen atoms in total. The normalized spacial score (nSPS) is 6.00. The van der Waals surface area contributed by atoms with Gasteiger partial charge in [-0.2, -0.15) is 0 Å². The quantitative estimate of drug-likeness (QED) is 0.222. The third-order valence-corrected chi connectivity index (χ3v) is 0. The first-order valence-corrected chi connectivity index (χ1v) is 10.3. The van der Waals surface area contributed by atoms with Gasteiger partial charge in [0.1, 0.15) is 5.78 Å². The van der Waals surface area contributed by atoms with Crippen LogP contribution in [0.2, 0.25) is 0 Å². The smallest absolute Gasteiger partial charge is 0.126 e. The molecule has 0 saturated heterocycles. The van der Waals surface area contributed by atoms with E-state index in [2.05, 4.69) is 0 Å². The fourth-order valence-corrected chi connectivity index (χ4v) is 0. The van der Waals surface area contributed by atoms with Gasteiger partial charge in [0.15, 0.2) is 0 Å². The monoisotopic (exact) mass is 750 g/mol. The van der Waals surface area contributed by atoms with Crippen molar-refractivity contribution in [3.8, 4) is 0 Å². The third kappa shape index (κ3) is 2950. The van der Waals surface area contributed by atoms with E-state index < -0.39 is 59.7 Å². The van der Waals surface area contributed by atoms with E-state index in [1.807, 2.05) is 0 Å². The second kappa shape index (κ2) is 77.8. The third-order valence-electron chi connectivity index (χ3n) is 0. The van der Waals surface area contributed by atoms with Gasteiger partial charge in [0.05, 0.1) is 0 Å². The van der Waals surface area contributed by atoms with Crippen LogP contribution in [-0.4, -0.2) is 65.5 Å². The molecule has 0 atom stereocenters. The fourth-order valence-electron chi connectivity index (χ4n) is 0. The van der Waals surface area contributed by atoms with E-state index >= 15 is 0 Å². The topological polar surface area (TPSA) is 418 Å². The van der Waals surface area contributed by atoms with Crippen molar-refractivity contribution < 1.29 is 141 Å². The summed E-state index contributed by atoms with van der Waals surface area (Å²) in [5.74, 6) is -10.7. The predicted molar refractivity (Wildman–Crippen MR) is 123 cm³/mol. The Morgan fingerprint density at radius 2 is 0.217 bits per heavy atom. The van der Waals surface area contributed by atoms with Gasteiger partial charge in [0.2, 0.25) is 0 Å². The molecule has 0 aliphatic rings. The van der Waals surface area contributed by atoms with Crippen molar-refractivity contribution in [3.63, 3.8) is 0 Å². The number of carbonyl (C=O) groups is 11. The molecule has 0 bridgehead atoms. The molecule has 0 heterocycles. The second-order valence-electron chi connectivity index (χ2n) is 5.82. The van der Waals surface area contributed by atoms with Crippen molar-refractivity contribution in [2.75, 3.05) is 0 Å². The molecule has 0 aromatic carbocycles. The minimum Gasteiger partial charge on any atom is -0.550 e. The van der Waals surface area contributed by atoms with Gasteiger partial charge in [0, 0.05) is 96.8 Å². The van der Waals surface area contributed by atoms with Gasteiger partial charge < -0.3 is 104 Å². The maximum Gasteiger partial charge on any atom is 0.126 e. The van der Waals surface area contributed by atoms with Crippen LogP contribution in [0.3, 0.4) is 0 Å². The molecule has 0 rings (SSSR count). The minimum atomic E-state index is -1.08. The number of carbonyl (C=O) groups excluding carboxylic acids is 11. The molecule has 46 heavy (non-hydrogen) atoms. The molecular weight excluding hydrogens is 714 g/mol. The molecule has 0 aliphatic heterocycles. The van der Waals surface area contributed by atoms with Crippen LogP contribution in [0.15, 0.2) is 0 Å². The van der Waals surface area contributed by atoms with Crippen LogP contribution in [0.5, 0.6) is 0 Å². The maximum atomic E-state index is 9.44. The number of rotatable bonds is 0. The Morgan fingerprint density at radius 3 is 0.217 bits per heavy atom. The van der Waals surface area contributed by atoms with E-state index in [0.29, 0.717) is 0 Å². The molecule has 0 aromatic heterocycles. The van der Waals surface area contributed by atoms with E-state index in [0.717, 1.165) is 69.2 Å². The first kappa shape index (κ1) is 83.8. The largest absolute Gasteiger partial charge is 0.550 e. The summed E-state index contributed by atoms with van der Waals surface area (Å²) in [6, 6.07) is 0. The van der Waals surface area contributed by atoms with Crippen molar-refractivity contribution in [2.24, 2.45) is 0 Å². The molecular formula is C23H36O21V2-10. The average Bonchev–Trinajstić information content (AvgIpc) is 2.55. The van der Waals surface area contributed by atoms with E-state index in [4.69, 9.17) is 99.0 Å². The van der Waals surface area contributed by atoms with Crippen LogP contribution in [0.1, 0.15) is 83.1 Å². The second-order valence-corrected chi connectivity index (χ2v) is 5.82. The average molecular weight is 750 g/mol. The molecule has 0 spiro atoms. The molecule has 0 aromatic rings. The SMILES string of the molecule is CC(=O)[O-].CC(=O)[O-].CC(=O)[O-].CC(=O)[O-].CC(=O)[O-].CC(=O)[O-].CC(=O)[O-].CC(=O)[O-].CC(=O)[O-].CC(=O)[O-].CC(C)=O.[V].[V]. The summed E-state index contributed by atoms with van der Waals surface area (Å²) in [4.78, 5) is 98.3. The molecule has 2 radical (unpaired) electrons. The van der Waals surface area contributed by atoms with Gasteiger partial charge in [-0.15, -0.1) is 0 Å². The molecule has 0 saturated carbocycles. The van der Waals surface area contributed by atoms with Gasteiger partial charge in [-0.1, -0.05) is 0 Å². The standard InChI is InChI=1S/C3H6O.10C2H4O2.2V/c1-3(2)4;10*1-2(3)4;;/h1-2H3;10*1H3,(H,3,4);;/p-10. The van der Waals surface area contributed by atoms with Gasteiger partial charge in [-0.25, -0.2) is 0 Å². The number of aliphatic carboxylic acids is 10. The molecule has 0 amide bonds. The van der Waals surface area contributed by atoms with Crippen molar-refractivity contribution in [1.82, 2.24) is 0 Å². The zero-order valence-corrected chi connectivity index (χ0v) is 29.8. The summed E-state index contributed by atoms with van der Waals surface area (Å²) >= 11 is 0. The van der Waals surface area contributed by atoms with E-state index in [1.165, 1.54) is 13.8 Å². The summed E-state index contributed by atoms with van der Waals surface area (Å²) in [6.07, 6.45) is 0. The molecule has 0 fully saturated rings. The fraction of sp³-hybridized carbons (Fsp3) is 0.522. The van der Waals surface area contributed by atoms with Crippen LogP contribution in [0.25, 0.3) is 0 Å². The Balaban J connectivity index is -0.0000000236. The van der Waals surface area contributed by atoms with Crippen LogP contribution in [0, 0.1) is 0 Å². The number of hydrogen-bond acceptors (Lipinski definition) is 21. The number of carboxylic acid groups (broad SMARTS) is 10. The molecule has 0 N–H and O–H groups in total. The summed E-state index contributed by atoms with van der Waals surface area (Å²) in [7, 11) is 0. The van der Waals surface area contributed by atoms with E-state index in [9.17, 15) is 4.79 Å². The number of ketones is 1. The summed E-state index contributed by atoms with van der Waals surface area (Å²) in [5, 5.41) is 88.9. The van der Waals surface area contributed by atoms with E-state index in [1.54, 1.807) is 0 Å². The Labute approximate surface area is 289 Å². The Kier molecular flexibility index (Phi) is 142. The van der Waals surface area contributed by atoms with Crippen molar-refractivity contribution in [2.45, 2.75) is 83.1 Å². The van der Waals surface area contributed by atoms with Gasteiger partial charge in [0.25, 0.3) is 0 Å². The first-order valence-electron chi connectivity index (χ1n) is 10.3. The van der Waals surface area contributed by atoms with Gasteiger partial charge in [-0.3, -0.25) is 0 Å².